The van der Waals surface area contributed by atoms with Crippen molar-refractivity contribution in [3.8, 4) is 34.1 Å². The minimum atomic E-state index is 0.872. The van der Waals surface area contributed by atoms with Crippen molar-refractivity contribution >= 4 is 65.4 Å². The first-order valence-corrected chi connectivity index (χ1v) is 19.1. The van der Waals surface area contributed by atoms with E-state index in [4.69, 9.17) is 4.98 Å². The van der Waals surface area contributed by atoms with Gasteiger partial charge in [-0.2, -0.15) is 0 Å². The smallest absolute Gasteiger partial charge is 0.140 e. The second kappa shape index (κ2) is 11.9. The zero-order valence-corrected chi connectivity index (χ0v) is 30.3. The minimum absolute atomic E-state index is 0.872. The molecule has 5 heteroatoms. The predicted molar refractivity (Wildman–Crippen MR) is 232 cm³/mol. The second-order valence-corrected chi connectivity index (χ2v) is 14.5. The van der Waals surface area contributed by atoms with E-state index in [1.165, 1.54) is 43.4 Å². The van der Waals surface area contributed by atoms with Crippen molar-refractivity contribution in [2.45, 2.75) is 0 Å². The Morgan fingerprint density at radius 1 is 0.304 bits per heavy atom. The van der Waals surface area contributed by atoms with Gasteiger partial charge in [0.05, 0.1) is 33.1 Å². The summed E-state index contributed by atoms with van der Waals surface area (Å²) in [6.45, 7) is 0. The molecule has 0 unspecified atom stereocenters. The zero-order chi connectivity index (χ0) is 36.7. The topological polar surface area (TPSA) is 32.6 Å². The lowest BCUT2D eigenvalue weighted by Crippen LogP contribution is -2.04. The molecule has 56 heavy (non-hydrogen) atoms. The molecule has 0 atom stereocenters. The molecule has 0 aliphatic heterocycles. The van der Waals surface area contributed by atoms with Crippen LogP contribution in [0.5, 0.6) is 0 Å². The van der Waals surface area contributed by atoms with Crippen LogP contribution >= 0.6 is 0 Å². The van der Waals surface area contributed by atoms with Gasteiger partial charge in [-0.1, -0.05) is 103 Å². The number of benzene rings is 7. The van der Waals surface area contributed by atoms with Crippen LogP contribution in [0.4, 0.5) is 0 Å². The summed E-state index contributed by atoms with van der Waals surface area (Å²) in [5.74, 6) is 1.74. The van der Waals surface area contributed by atoms with E-state index in [0.717, 1.165) is 56.2 Å². The Morgan fingerprint density at radius 2 is 0.696 bits per heavy atom. The lowest BCUT2D eigenvalue weighted by Gasteiger charge is -2.15. The second-order valence-electron chi connectivity index (χ2n) is 14.5. The molecule has 5 nitrogen and oxygen atoms in total. The van der Waals surface area contributed by atoms with Gasteiger partial charge in [-0.05, 0) is 96.1 Å². The highest BCUT2D eigenvalue weighted by atomic mass is 15.1. The van der Waals surface area contributed by atoms with E-state index in [9.17, 15) is 0 Å². The normalized spacial score (nSPS) is 11.9. The summed E-state index contributed by atoms with van der Waals surface area (Å²) in [6, 6.07) is 67.3. The average molecular weight is 716 g/mol. The van der Waals surface area contributed by atoms with Crippen molar-refractivity contribution in [2.75, 3.05) is 0 Å². The minimum Gasteiger partial charge on any atom is -0.317 e. The maximum Gasteiger partial charge on any atom is 0.140 e. The van der Waals surface area contributed by atoms with Crippen LogP contribution in [0.3, 0.4) is 0 Å². The molecule has 7 aromatic carbocycles. The van der Waals surface area contributed by atoms with Crippen LogP contribution in [-0.4, -0.2) is 23.3 Å². The fourth-order valence-electron chi connectivity index (χ4n) is 9.02. The Kier molecular flexibility index (Phi) is 6.56. The van der Waals surface area contributed by atoms with E-state index in [-0.39, 0.29) is 0 Å². The standard InChI is InChI=1S/C51H33N5/c1-4-14-34(15-5-1)35-32-48(55-44-22-12-10-20-38(44)50-40-28-30-53(36-16-6-2-7-17-36)42(40)24-26-46(50)55)52-49(33-35)56-45-23-13-11-21-39(45)51-41-29-31-54(37-18-8-3-9-19-37)43(41)25-27-47(51)56/h1-33H. The SMILES string of the molecule is c1ccc(-c2cc(-n3c4ccccc4c4c5ccn(-c6ccccc6)c5ccc43)nc(-n3c4ccccc4c4c5ccn(-c6ccccc6)c5ccc43)c2)cc1. The van der Waals surface area contributed by atoms with Gasteiger partial charge in [0.2, 0.25) is 0 Å². The van der Waals surface area contributed by atoms with Gasteiger partial charge >= 0.3 is 0 Å². The number of aromatic nitrogens is 5. The Balaban J connectivity index is 1.15. The van der Waals surface area contributed by atoms with Crippen LogP contribution in [0.2, 0.25) is 0 Å². The van der Waals surface area contributed by atoms with E-state index in [1.807, 2.05) is 0 Å². The number of rotatable bonds is 5. The van der Waals surface area contributed by atoms with Crippen molar-refractivity contribution < 1.29 is 0 Å². The van der Waals surface area contributed by atoms with Crippen LogP contribution in [0, 0.1) is 0 Å². The summed E-state index contributed by atoms with van der Waals surface area (Å²) < 4.78 is 9.26. The molecule has 0 spiro atoms. The first-order valence-electron chi connectivity index (χ1n) is 19.1. The summed E-state index contributed by atoms with van der Waals surface area (Å²) in [5, 5.41) is 7.29. The molecule has 0 radical (unpaired) electrons. The predicted octanol–water partition coefficient (Wildman–Crippen LogP) is 12.8. The number of fused-ring (bicyclic) bond motifs is 10. The summed E-state index contributed by atoms with van der Waals surface area (Å²) >= 11 is 0. The van der Waals surface area contributed by atoms with E-state index in [2.05, 4.69) is 219 Å². The van der Waals surface area contributed by atoms with E-state index in [1.54, 1.807) is 0 Å². The number of hydrogen-bond donors (Lipinski definition) is 0. The number of nitrogens with zero attached hydrogens (tertiary/aromatic N) is 5. The lowest BCUT2D eigenvalue weighted by atomic mass is 10.1. The van der Waals surface area contributed by atoms with Crippen molar-refractivity contribution in [2.24, 2.45) is 0 Å². The van der Waals surface area contributed by atoms with Gasteiger partial charge < -0.3 is 9.13 Å². The van der Waals surface area contributed by atoms with E-state index < -0.39 is 0 Å². The molecule has 12 rings (SSSR count). The van der Waals surface area contributed by atoms with Crippen LogP contribution in [0.25, 0.3) is 99.6 Å². The summed E-state index contributed by atoms with van der Waals surface area (Å²) in [5.41, 5.74) is 11.4. The largest absolute Gasteiger partial charge is 0.317 e. The fourth-order valence-corrected chi connectivity index (χ4v) is 9.02. The number of hydrogen-bond acceptors (Lipinski definition) is 1. The molecule has 0 aliphatic rings. The summed E-state index contributed by atoms with van der Waals surface area (Å²) in [6.07, 6.45) is 4.37. The van der Waals surface area contributed by atoms with E-state index in [0.29, 0.717) is 0 Å². The average Bonchev–Trinajstić information content (AvgIpc) is 4.05. The molecule has 0 N–H and O–H groups in total. The number of pyridine rings is 1. The Labute approximate surface area is 322 Å². The van der Waals surface area contributed by atoms with Gasteiger partial charge in [0.15, 0.2) is 0 Å². The van der Waals surface area contributed by atoms with Crippen molar-refractivity contribution in [3.63, 3.8) is 0 Å². The molecule has 262 valence electrons. The first kappa shape index (κ1) is 30.8. The van der Waals surface area contributed by atoms with Gasteiger partial charge in [-0.3, -0.25) is 9.13 Å². The van der Waals surface area contributed by atoms with Gasteiger partial charge in [0.1, 0.15) is 11.6 Å². The Morgan fingerprint density at radius 3 is 1.18 bits per heavy atom. The third-order valence-corrected chi connectivity index (χ3v) is 11.4. The van der Waals surface area contributed by atoms with Gasteiger partial charge in [0, 0.05) is 56.1 Å². The van der Waals surface area contributed by atoms with Crippen molar-refractivity contribution in [1.82, 2.24) is 23.3 Å². The quantitative estimate of drug-likeness (QED) is 0.175. The van der Waals surface area contributed by atoms with Crippen LogP contribution in [0.15, 0.2) is 200 Å². The van der Waals surface area contributed by atoms with Crippen molar-refractivity contribution in [1.29, 1.82) is 0 Å². The molecule has 0 saturated heterocycles. The fraction of sp³-hybridized carbons (Fsp3) is 0. The summed E-state index contributed by atoms with van der Waals surface area (Å²) in [7, 11) is 0. The highest BCUT2D eigenvalue weighted by Gasteiger charge is 2.21. The molecule has 0 saturated carbocycles. The van der Waals surface area contributed by atoms with Crippen molar-refractivity contribution in [3.05, 3.63) is 200 Å². The summed E-state index contributed by atoms with van der Waals surface area (Å²) in [4.78, 5) is 5.63. The monoisotopic (exact) mass is 715 g/mol. The third kappa shape index (κ3) is 4.46. The third-order valence-electron chi connectivity index (χ3n) is 11.4. The molecule has 5 heterocycles. The van der Waals surface area contributed by atoms with Crippen LogP contribution < -0.4 is 0 Å². The lowest BCUT2D eigenvalue weighted by molar-refractivity contribution is 1.01. The van der Waals surface area contributed by atoms with E-state index >= 15 is 0 Å². The highest BCUT2D eigenvalue weighted by Crippen LogP contribution is 2.41. The molecular formula is C51H33N5. The van der Waals surface area contributed by atoms with Gasteiger partial charge in [-0.15, -0.1) is 0 Å². The maximum atomic E-state index is 5.63. The molecule has 12 aromatic rings. The molecule has 0 bridgehead atoms. The molecule has 5 aromatic heterocycles. The van der Waals surface area contributed by atoms with Gasteiger partial charge in [0.25, 0.3) is 0 Å². The Hall–Kier alpha value is -7.63. The van der Waals surface area contributed by atoms with Gasteiger partial charge in [-0.25, -0.2) is 4.98 Å². The highest BCUT2D eigenvalue weighted by molar-refractivity contribution is 6.22. The molecule has 0 amide bonds. The first-order chi connectivity index (χ1) is 27.8. The Bertz CT molecular complexity index is 3250. The zero-order valence-electron chi connectivity index (χ0n) is 30.3. The van der Waals surface area contributed by atoms with Crippen LogP contribution in [-0.2, 0) is 0 Å². The molecular weight excluding hydrogens is 683 g/mol. The maximum absolute atomic E-state index is 5.63. The molecule has 0 fully saturated rings. The van der Waals surface area contributed by atoms with Crippen LogP contribution in [0.1, 0.15) is 0 Å². The molecule has 0 aliphatic carbocycles. The number of para-hydroxylation sites is 4.